The topological polar surface area (TPSA) is 63.2 Å². The Balaban J connectivity index is 2.18. The van der Waals surface area contributed by atoms with E-state index >= 15 is 0 Å². The third kappa shape index (κ3) is 3.90. The highest BCUT2D eigenvalue weighted by molar-refractivity contribution is 7.98. The van der Waals surface area contributed by atoms with Gasteiger partial charge in [0.1, 0.15) is 11.3 Å². The number of benzene rings is 2. The van der Waals surface area contributed by atoms with E-state index in [4.69, 9.17) is 4.74 Å². The quantitative estimate of drug-likeness (QED) is 0.463. The van der Waals surface area contributed by atoms with Gasteiger partial charge < -0.3 is 15.4 Å². The predicted octanol–water partition coefficient (Wildman–Crippen LogP) is 4.62. The van der Waals surface area contributed by atoms with Crippen LogP contribution in [-0.4, -0.2) is 30.8 Å². The highest BCUT2D eigenvalue weighted by Gasteiger charge is 2.18. The number of nitrogens with zero attached hydrogens (tertiary/aromatic N) is 1. The van der Waals surface area contributed by atoms with Gasteiger partial charge in [-0.25, -0.2) is 0 Å². The van der Waals surface area contributed by atoms with E-state index in [1.165, 1.54) is 0 Å². The molecule has 6 heteroatoms. The Morgan fingerprint density at radius 2 is 2.07 bits per heavy atom. The molecular formula is C21H21N3O2S. The number of anilines is 2. The Kier molecular flexibility index (Phi) is 5.98. The fourth-order valence-corrected chi connectivity index (χ4v) is 3.36. The molecule has 0 fully saturated rings. The normalized spacial score (nSPS) is 10.4. The van der Waals surface area contributed by atoms with Crippen molar-refractivity contribution < 1.29 is 9.53 Å². The molecule has 5 nitrogen and oxygen atoms in total. The lowest BCUT2D eigenvalue weighted by Crippen LogP contribution is -2.24. The van der Waals surface area contributed by atoms with Gasteiger partial charge in [-0.3, -0.25) is 9.78 Å². The summed E-state index contributed by atoms with van der Waals surface area (Å²) in [4.78, 5) is 18.2. The van der Waals surface area contributed by atoms with Gasteiger partial charge in [-0.1, -0.05) is 30.3 Å². The SMILES string of the molecule is C=CCNC(=O)c1cnc2c(OC)cccc2c1Nc1ccccc1SC. The minimum Gasteiger partial charge on any atom is -0.494 e. The third-order valence-corrected chi connectivity index (χ3v) is 4.89. The van der Waals surface area contributed by atoms with Crippen LogP contribution < -0.4 is 15.4 Å². The van der Waals surface area contributed by atoms with Crippen LogP contribution in [0.25, 0.3) is 10.9 Å². The van der Waals surface area contributed by atoms with Gasteiger partial charge in [0, 0.05) is 23.0 Å². The molecule has 1 amide bonds. The number of carbonyl (C=O) groups is 1. The zero-order chi connectivity index (χ0) is 19.2. The van der Waals surface area contributed by atoms with Crippen molar-refractivity contribution in [2.75, 3.05) is 25.2 Å². The third-order valence-electron chi connectivity index (χ3n) is 4.10. The first-order chi connectivity index (χ1) is 13.2. The summed E-state index contributed by atoms with van der Waals surface area (Å²) in [7, 11) is 1.61. The van der Waals surface area contributed by atoms with Gasteiger partial charge in [-0.15, -0.1) is 18.3 Å². The summed E-state index contributed by atoms with van der Waals surface area (Å²) in [6.07, 6.45) is 5.24. The number of hydrogen-bond donors (Lipinski definition) is 2. The van der Waals surface area contributed by atoms with E-state index in [0.717, 1.165) is 16.0 Å². The summed E-state index contributed by atoms with van der Waals surface area (Å²) in [5, 5.41) is 7.08. The number of rotatable bonds is 7. The smallest absolute Gasteiger partial charge is 0.255 e. The largest absolute Gasteiger partial charge is 0.494 e. The lowest BCUT2D eigenvalue weighted by molar-refractivity contribution is 0.0958. The number of para-hydroxylation sites is 2. The molecule has 138 valence electrons. The van der Waals surface area contributed by atoms with Gasteiger partial charge in [-0.05, 0) is 24.5 Å². The van der Waals surface area contributed by atoms with Crippen LogP contribution in [0.3, 0.4) is 0 Å². The molecule has 27 heavy (non-hydrogen) atoms. The number of amides is 1. The van der Waals surface area contributed by atoms with Crippen molar-refractivity contribution in [1.29, 1.82) is 0 Å². The molecule has 1 heterocycles. The average Bonchev–Trinajstić information content (AvgIpc) is 2.72. The van der Waals surface area contributed by atoms with Crippen molar-refractivity contribution in [2.45, 2.75) is 4.90 Å². The van der Waals surface area contributed by atoms with Crippen LogP contribution in [0.2, 0.25) is 0 Å². The Morgan fingerprint density at radius 3 is 2.81 bits per heavy atom. The van der Waals surface area contributed by atoms with Crippen LogP contribution >= 0.6 is 11.8 Å². The highest BCUT2D eigenvalue weighted by atomic mass is 32.2. The molecule has 3 rings (SSSR count). The van der Waals surface area contributed by atoms with E-state index in [0.29, 0.717) is 29.1 Å². The maximum absolute atomic E-state index is 12.7. The number of aromatic nitrogens is 1. The molecule has 0 aliphatic heterocycles. The molecular weight excluding hydrogens is 358 g/mol. The molecule has 0 aliphatic carbocycles. The summed E-state index contributed by atoms with van der Waals surface area (Å²) >= 11 is 1.64. The van der Waals surface area contributed by atoms with Crippen LogP contribution in [0.5, 0.6) is 5.75 Å². The molecule has 0 atom stereocenters. The molecule has 3 aromatic rings. The fraction of sp³-hybridized carbons (Fsp3) is 0.143. The van der Waals surface area contributed by atoms with Crippen molar-refractivity contribution in [3.05, 3.63) is 66.9 Å². The average molecular weight is 379 g/mol. The van der Waals surface area contributed by atoms with Crippen molar-refractivity contribution >= 4 is 39.9 Å². The van der Waals surface area contributed by atoms with Crippen molar-refractivity contribution in [2.24, 2.45) is 0 Å². The molecule has 0 saturated heterocycles. The molecule has 0 unspecified atom stereocenters. The Hall–Kier alpha value is -2.99. The molecule has 0 spiro atoms. The van der Waals surface area contributed by atoms with Crippen LogP contribution in [0, 0.1) is 0 Å². The summed E-state index contributed by atoms with van der Waals surface area (Å²) in [6.45, 7) is 4.03. The number of ether oxygens (including phenoxy) is 1. The zero-order valence-electron chi connectivity index (χ0n) is 15.3. The first-order valence-electron chi connectivity index (χ1n) is 8.44. The minimum absolute atomic E-state index is 0.212. The van der Waals surface area contributed by atoms with E-state index in [1.807, 2.05) is 48.7 Å². The molecule has 2 N–H and O–H groups in total. The van der Waals surface area contributed by atoms with Crippen molar-refractivity contribution in [1.82, 2.24) is 10.3 Å². The van der Waals surface area contributed by atoms with Gasteiger partial charge in [-0.2, -0.15) is 0 Å². The van der Waals surface area contributed by atoms with E-state index in [2.05, 4.69) is 22.2 Å². The second-order valence-electron chi connectivity index (χ2n) is 5.73. The van der Waals surface area contributed by atoms with E-state index in [9.17, 15) is 4.79 Å². The number of thioether (sulfide) groups is 1. The number of methoxy groups -OCH3 is 1. The predicted molar refractivity (Wildman–Crippen MR) is 112 cm³/mol. The van der Waals surface area contributed by atoms with E-state index < -0.39 is 0 Å². The summed E-state index contributed by atoms with van der Waals surface area (Å²) in [5.74, 6) is 0.447. The van der Waals surface area contributed by atoms with Gasteiger partial charge >= 0.3 is 0 Å². The second kappa shape index (κ2) is 8.60. The van der Waals surface area contributed by atoms with Gasteiger partial charge in [0.05, 0.1) is 24.0 Å². The zero-order valence-corrected chi connectivity index (χ0v) is 16.1. The van der Waals surface area contributed by atoms with Gasteiger partial charge in [0.2, 0.25) is 0 Å². The maximum atomic E-state index is 12.7. The highest BCUT2D eigenvalue weighted by Crippen LogP contribution is 2.35. The summed E-state index contributed by atoms with van der Waals surface area (Å²) in [6, 6.07) is 13.6. The molecule has 2 aromatic carbocycles. The van der Waals surface area contributed by atoms with E-state index in [1.54, 1.807) is 31.1 Å². The fourth-order valence-electron chi connectivity index (χ4n) is 2.81. The first kappa shape index (κ1) is 18.8. The molecule has 0 bridgehead atoms. The van der Waals surface area contributed by atoms with Crippen LogP contribution in [0.4, 0.5) is 11.4 Å². The van der Waals surface area contributed by atoms with Crippen molar-refractivity contribution in [3.8, 4) is 5.75 Å². The van der Waals surface area contributed by atoms with Crippen LogP contribution in [0.15, 0.2) is 66.2 Å². The molecule has 0 saturated carbocycles. The second-order valence-corrected chi connectivity index (χ2v) is 6.58. The Bertz CT molecular complexity index is 988. The summed E-state index contributed by atoms with van der Waals surface area (Å²) < 4.78 is 5.43. The number of fused-ring (bicyclic) bond motifs is 1. The standard InChI is InChI=1S/C21H21N3O2S/c1-4-12-22-21(25)15-13-23-20-14(8-7-10-17(20)26-2)19(15)24-16-9-5-6-11-18(16)27-3/h4-11,13H,1,12H2,2-3H3,(H,22,25)(H,23,24). The Morgan fingerprint density at radius 1 is 1.26 bits per heavy atom. The Labute approximate surface area is 162 Å². The van der Waals surface area contributed by atoms with Gasteiger partial charge in [0.15, 0.2) is 0 Å². The maximum Gasteiger partial charge on any atom is 0.255 e. The van der Waals surface area contributed by atoms with E-state index in [-0.39, 0.29) is 5.91 Å². The first-order valence-corrected chi connectivity index (χ1v) is 9.67. The lowest BCUT2D eigenvalue weighted by Gasteiger charge is -2.17. The monoisotopic (exact) mass is 379 g/mol. The number of hydrogen-bond acceptors (Lipinski definition) is 5. The number of nitrogens with one attached hydrogen (secondary N) is 2. The van der Waals surface area contributed by atoms with Gasteiger partial charge in [0.25, 0.3) is 5.91 Å². The van der Waals surface area contributed by atoms with Crippen LogP contribution in [-0.2, 0) is 0 Å². The summed E-state index contributed by atoms with van der Waals surface area (Å²) in [5.41, 5.74) is 2.79. The van der Waals surface area contributed by atoms with Crippen LogP contribution in [0.1, 0.15) is 10.4 Å². The molecule has 1 aromatic heterocycles. The number of carbonyl (C=O) groups excluding carboxylic acids is 1. The molecule has 0 radical (unpaired) electrons. The minimum atomic E-state index is -0.212. The lowest BCUT2D eigenvalue weighted by atomic mass is 10.1. The molecule has 0 aliphatic rings. The number of pyridine rings is 1. The van der Waals surface area contributed by atoms with Crippen molar-refractivity contribution in [3.63, 3.8) is 0 Å².